The predicted octanol–water partition coefficient (Wildman–Crippen LogP) is 1.01. The number of aliphatic hydroxyl groups is 1. The van der Waals surface area contributed by atoms with E-state index < -0.39 is 52.0 Å². The van der Waals surface area contributed by atoms with E-state index in [1.807, 2.05) is 31.2 Å². The molecular weight excluding hydrogens is 494 g/mol. The number of ether oxygens (including phenoxy) is 1. The van der Waals surface area contributed by atoms with E-state index in [0.29, 0.717) is 6.54 Å². The van der Waals surface area contributed by atoms with Crippen LogP contribution in [-0.4, -0.2) is 63.0 Å². The van der Waals surface area contributed by atoms with Gasteiger partial charge in [0, 0.05) is 19.2 Å². The number of carbonyl (C=O) groups excluding carboxylic acids is 1. The summed E-state index contributed by atoms with van der Waals surface area (Å²) >= 11 is 0. The van der Waals surface area contributed by atoms with E-state index in [1.165, 1.54) is 0 Å². The van der Waals surface area contributed by atoms with Crippen LogP contribution in [0.2, 0.25) is 0 Å². The summed E-state index contributed by atoms with van der Waals surface area (Å²) in [4.78, 5) is 17.0. The Labute approximate surface area is 209 Å². The lowest BCUT2D eigenvalue weighted by Gasteiger charge is -2.29. The van der Waals surface area contributed by atoms with Gasteiger partial charge in [-0.25, -0.2) is 22.2 Å². The van der Waals surface area contributed by atoms with Crippen LogP contribution in [0.25, 0.3) is 0 Å². The molecule has 0 saturated heterocycles. The number of benzene rings is 2. The molecule has 2 aromatic carbocycles. The molecule has 196 valence electrons. The van der Waals surface area contributed by atoms with Crippen molar-refractivity contribution in [2.45, 2.75) is 44.1 Å². The molecule has 3 rings (SSSR count). The third kappa shape index (κ3) is 7.79. The highest BCUT2D eigenvalue weighted by Gasteiger charge is 2.45. The Morgan fingerprint density at radius 2 is 1.86 bits per heavy atom. The molecule has 1 amide bonds. The van der Waals surface area contributed by atoms with E-state index in [2.05, 4.69) is 20.3 Å². The van der Waals surface area contributed by atoms with E-state index in [-0.39, 0.29) is 18.5 Å². The first-order valence-corrected chi connectivity index (χ1v) is 13.3. The summed E-state index contributed by atoms with van der Waals surface area (Å²) in [5.41, 5.74) is 0.398. The standard InChI is InChI=1S/C24H30F2N4O5S/c1-3-16-5-4-6-17(7-16)12-27-13-22(31)21(10-18-8-19(25)11-20(26)9-18)29-23(32)24(14-35-15-28-24)30-36(2,33)34/h4-9,11,15,21-22,27,30-31H,3,10,12-14H2,1-2H3,(H,29,32)/t21-,22+,24?/m0/s1. The lowest BCUT2D eigenvalue weighted by molar-refractivity contribution is -0.128. The Kier molecular flexibility index (Phi) is 9.12. The average Bonchev–Trinajstić information content (AvgIpc) is 3.26. The third-order valence-corrected chi connectivity index (χ3v) is 6.32. The van der Waals surface area contributed by atoms with Crippen molar-refractivity contribution in [2.24, 2.45) is 4.99 Å². The Morgan fingerprint density at radius 1 is 1.17 bits per heavy atom. The molecule has 0 saturated carbocycles. The molecule has 12 heteroatoms. The summed E-state index contributed by atoms with van der Waals surface area (Å²) in [6.07, 6.45) is 1.38. The number of aliphatic hydroxyl groups excluding tert-OH is 1. The largest absolute Gasteiger partial charge is 0.479 e. The Balaban J connectivity index is 1.76. The maximum Gasteiger partial charge on any atom is 0.267 e. The second-order valence-electron chi connectivity index (χ2n) is 8.71. The number of nitrogens with one attached hydrogen (secondary N) is 3. The first-order chi connectivity index (χ1) is 17.0. The van der Waals surface area contributed by atoms with Crippen LogP contribution in [0, 0.1) is 11.6 Å². The van der Waals surface area contributed by atoms with E-state index in [4.69, 9.17) is 4.74 Å². The van der Waals surface area contributed by atoms with Crippen LogP contribution in [0.3, 0.4) is 0 Å². The molecule has 1 heterocycles. The van der Waals surface area contributed by atoms with E-state index >= 15 is 0 Å². The van der Waals surface area contributed by atoms with Crippen LogP contribution in [0.1, 0.15) is 23.6 Å². The van der Waals surface area contributed by atoms with Crippen molar-refractivity contribution >= 4 is 22.3 Å². The van der Waals surface area contributed by atoms with Gasteiger partial charge in [0.15, 0.2) is 6.40 Å². The van der Waals surface area contributed by atoms with E-state index in [0.717, 1.165) is 48.4 Å². The van der Waals surface area contributed by atoms with Crippen molar-refractivity contribution in [2.75, 3.05) is 19.4 Å². The summed E-state index contributed by atoms with van der Waals surface area (Å²) in [6, 6.07) is 9.79. The molecule has 0 aromatic heterocycles. The molecule has 9 nitrogen and oxygen atoms in total. The fourth-order valence-electron chi connectivity index (χ4n) is 3.88. The molecule has 0 bridgehead atoms. The van der Waals surface area contributed by atoms with Gasteiger partial charge in [0.05, 0.1) is 18.4 Å². The van der Waals surface area contributed by atoms with Gasteiger partial charge in [0.1, 0.15) is 18.2 Å². The molecule has 1 aliphatic rings. The van der Waals surface area contributed by atoms with Gasteiger partial charge in [-0.1, -0.05) is 31.2 Å². The molecular formula is C24H30F2N4O5S. The molecule has 3 atom stereocenters. The summed E-state index contributed by atoms with van der Waals surface area (Å²) in [6.45, 7) is 2.13. The van der Waals surface area contributed by atoms with Crippen molar-refractivity contribution in [3.05, 3.63) is 70.8 Å². The molecule has 36 heavy (non-hydrogen) atoms. The van der Waals surface area contributed by atoms with Crippen LogP contribution >= 0.6 is 0 Å². The summed E-state index contributed by atoms with van der Waals surface area (Å²) < 4.78 is 58.4. The molecule has 2 aromatic rings. The van der Waals surface area contributed by atoms with Crippen molar-refractivity contribution in [1.29, 1.82) is 0 Å². The van der Waals surface area contributed by atoms with Crippen LogP contribution in [0.4, 0.5) is 8.78 Å². The number of carbonyl (C=O) groups is 1. The normalized spacial score (nSPS) is 19.0. The number of sulfonamides is 1. The lowest BCUT2D eigenvalue weighted by Crippen LogP contribution is -2.62. The van der Waals surface area contributed by atoms with Crippen molar-refractivity contribution in [1.82, 2.24) is 15.4 Å². The van der Waals surface area contributed by atoms with Crippen LogP contribution in [0.5, 0.6) is 0 Å². The van der Waals surface area contributed by atoms with Gasteiger partial charge in [-0.15, -0.1) is 0 Å². The highest BCUT2D eigenvalue weighted by Crippen LogP contribution is 2.17. The number of aryl methyl sites for hydroxylation is 1. The van der Waals surface area contributed by atoms with Gasteiger partial charge < -0.3 is 20.5 Å². The molecule has 0 spiro atoms. The average molecular weight is 525 g/mol. The topological polar surface area (TPSA) is 129 Å². The number of nitrogens with zero attached hydrogens (tertiary/aromatic N) is 1. The Bertz CT molecular complexity index is 1190. The number of aliphatic imine (C=N–C) groups is 1. The zero-order valence-corrected chi connectivity index (χ0v) is 20.8. The van der Waals surface area contributed by atoms with Gasteiger partial charge in [0.2, 0.25) is 15.7 Å². The minimum Gasteiger partial charge on any atom is -0.479 e. The minimum absolute atomic E-state index is 0.0331. The highest BCUT2D eigenvalue weighted by molar-refractivity contribution is 7.88. The fourth-order valence-corrected chi connectivity index (χ4v) is 4.69. The molecule has 1 aliphatic heterocycles. The summed E-state index contributed by atoms with van der Waals surface area (Å²) in [5.74, 6) is -2.48. The Morgan fingerprint density at radius 3 is 2.47 bits per heavy atom. The molecule has 4 N–H and O–H groups in total. The molecule has 0 radical (unpaired) electrons. The number of hydrogen-bond donors (Lipinski definition) is 4. The highest BCUT2D eigenvalue weighted by atomic mass is 32.2. The smallest absolute Gasteiger partial charge is 0.267 e. The molecule has 1 unspecified atom stereocenters. The van der Waals surface area contributed by atoms with Crippen LogP contribution < -0.4 is 15.4 Å². The monoisotopic (exact) mass is 524 g/mol. The van der Waals surface area contributed by atoms with Gasteiger partial charge in [0.25, 0.3) is 5.91 Å². The SMILES string of the molecule is CCc1cccc(CNC[C@@H](O)[C@H](Cc2cc(F)cc(F)c2)NC(=O)C2(NS(C)(=O)=O)COC=N2)c1. The number of hydrogen-bond acceptors (Lipinski definition) is 7. The van der Waals surface area contributed by atoms with Crippen molar-refractivity contribution in [3.8, 4) is 0 Å². The second kappa shape index (κ2) is 11.9. The van der Waals surface area contributed by atoms with E-state index in [9.17, 15) is 27.1 Å². The maximum atomic E-state index is 13.8. The fraction of sp³-hybridized carbons (Fsp3) is 0.417. The number of rotatable bonds is 12. The van der Waals surface area contributed by atoms with Gasteiger partial charge >= 0.3 is 0 Å². The second-order valence-corrected chi connectivity index (χ2v) is 10.5. The first-order valence-electron chi connectivity index (χ1n) is 11.4. The van der Waals surface area contributed by atoms with Crippen LogP contribution in [-0.2, 0) is 38.9 Å². The zero-order chi connectivity index (χ0) is 26.3. The van der Waals surface area contributed by atoms with Crippen molar-refractivity contribution < 1.29 is 31.8 Å². The van der Waals surface area contributed by atoms with Gasteiger partial charge in [-0.3, -0.25) is 4.79 Å². The first kappa shape index (κ1) is 27.7. The maximum absolute atomic E-state index is 13.8. The molecule has 0 fully saturated rings. The summed E-state index contributed by atoms with van der Waals surface area (Å²) in [5, 5.41) is 16.6. The van der Waals surface area contributed by atoms with Crippen LogP contribution in [0.15, 0.2) is 47.5 Å². The lowest BCUT2D eigenvalue weighted by atomic mass is 9.99. The number of amides is 1. The summed E-state index contributed by atoms with van der Waals surface area (Å²) in [7, 11) is -3.87. The zero-order valence-electron chi connectivity index (χ0n) is 20.0. The van der Waals surface area contributed by atoms with Gasteiger partial charge in [-0.05, 0) is 41.7 Å². The quantitative estimate of drug-likeness (QED) is 0.328. The third-order valence-electron chi connectivity index (χ3n) is 5.61. The van der Waals surface area contributed by atoms with Gasteiger partial charge in [-0.2, -0.15) is 4.72 Å². The predicted molar refractivity (Wildman–Crippen MR) is 131 cm³/mol. The van der Waals surface area contributed by atoms with Crippen molar-refractivity contribution in [3.63, 3.8) is 0 Å². The minimum atomic E-state index is -3.87. The Hall–Kier alpha value is -2.93. The van der Waals surface area contributed by atoms with E-state index in [1.54, 1.807) is 0 Å². The number of halogens is 2. The molecule has 0 aliphatic carbocycles.